The number of amides is 1. The van der Waals surface area contributed by atoms with Crippen molar-refractivity contribution in [2.75, 3.05) is 31.1 Å². The Morgan fingerprint density at radius 3 is 2.61 bits per heavy atom. The average Bonchev–Trinajstić information content (AvgIpc) is 3.52. The zero-order chi connectivity index (χ0) is 24.5. The van der Waals surface area contributed by atoms with Crippen molar-refractivity contribution in [2.24, 2.45) is 5.92 Å². The van der Waals surface area contributed by atoms with Crippen molar-refractivity contribution in [3.8, 4) is 0 Å². The molecule has 4 aromatic rings. The lowest BCUT2D eigenvalue weighted by Gasteiger charge is -2.37. The molecule has 1 atom stereocenters. The van der Waals surface area contributed by atoms with E-state index in [1.165, 1.54) is 17.1 Å². The molecule has 2 fully saturated rings. The minimum absolute atomic E-state index is 0.0208. The van der Waals surface area contributed by atoms with Crippen LogP contribution < -0.4 is 10.6 Å². The fourth-order valence-corrected chi connectivity index (χ4v) is 6.34. The third-order valence-electron chi connectivity index (χ3n) is 7.47. The van der Waals surface area contributed by atoms with Crippen LogP contribution in [0.1, 0.15) is 43.1 Å². The number of nitrogens with zero attached hydrogens (tertiary/aromatic N) is 5. The molecule has 0 aliphatic carbocycles. The fourth-order valence-electron chi connectivity index (χ4n) is 5.62. The molecule has 2 aliphatic heterocycles. The van der Waals surface area contributed by atoms with E-state index in [4.69, 9.17) is 4.98 Å². The number of likely N-dealkylation sites (tertiary alicyclic amines) is 1. The van der Waals surface area contributed by atoms with E-state index < -0.39 is 0 Å². The normalized spacial score (nSPS) is 19.2. The monoisotopic (exact) mass is 502 g/mol. The van der Waals surface area contributed by atoms with Crippen molar-refractivity contribution >= 4 is 33.6 Å². The van der Waals surface area contributed by atoms with Crippen LogP contribution in [0.5, 0.6) is 0 Å². The molecule has 9 heteroatoms. The van der Waals surface area contributed by atoms with E-state index in [9.17, 15) is 9.59 Å². The first kappa shape index (κ1) is 23.0. The Balaban J connectivity index is 1.08. The van der Waals surface area contributed by atoms with Gasteiger partial charge in [0.25, 0.3) is 0 Å². The summed E-state index contributed by atoms with van der Waals surface area (Å²) in [7, 11) is 0. The van der Waals surface area contributed by atoms with Crippen LogP contribution in [-0.4, -0.2) is 55.9 Å². The predicted molar refractivity (Wildman–Crippen MR) is 142 cm³/mol. The molecule has 4 heterocycles. The van der Waals surface area contributed by atoms with Crippen molar-refractivity contribution in [3.63, 3.8) is 0 Å². The molecule has 0 spiro atoms. The number of piperidine rings is 2. The summed E-state index contributed by atoms with van der Waals surface area (Å²) in [5.41, 5.74) is 2.95. The van der Waals surface area contributed by atoms with Crippen molar-refractivity contribution < 1.29 is 4.79 Å². The van der Waals surface area contributed by atoms with Gasteiger partial charge in [-0.2, -0.15) is 4.37 Å². The summed E-state index contributed by atoms with van der Waals surface area (Å²) < 4.78 is 6.45. The first-order chi connectivity index (χ1) is 17.7. The molecule has 0 saturated carbocycles. The van der Waals surface area contributed by atoms with E-state index in [0.29, 0.717) is 19.6 Å². The molecule has 2 aromatic heterocycles. The Labute approximate surface area is 213 Å². The van der Waals surface area contributed by atoms with Crippen molar-refractivity contribution in [1.82, 2.24) is 23.8 Å². The van der Waals surface area contributed by atoms with Crippen LogP contribution in [0.3, 0.4) is 0 Å². The molecule has 1 N–H and O–H groups in total. The number of H-pyrrole nitrogens is 1. The third-order valence-corrected chi connectivity index (χ3v) is 8.28. The number of carbonyl (C=O) groups excluding carboxylic acids is 1. The number of para-hydroxylation sites is 2. The lowest BCUT2D eigenvalue weighted by molar-refractivity contribution is -0.137. The van der Waals surface area contributed by atoms with Gasteiger partial charge < -0.3 is 14.8 Å². The van der Waals surface area contributed by atoms with Gasteiger partial charge in [0, 0.05) is 50.2 Å². The van der Waals surface area contributed by atoms with E-state index in [0.717, 1.165) is 60.6 Å². The summed E-state index contributed by atoms with van der Waals surface area (Å²) in [5, 5.41) is 0.913. The number of nitrogens with one attached hydrogen (secondary N) is 1. The van der Waals surface area contributed by atoms with Crippen LogP contribution >= 0.6 is 11.5 Å². The Morgan fingerprint density at radius 2 is 1.78 bits per heavy atom. The highest BCUT2D eigenvalue weighted by atomic mass is 32.1. The molecule has 2 saturated heterocycles. The Kier molecular flexibility index (Phi) is 6.31. The molecule has 1 unspecified atom stereocenters. The SMILES string of the molecule is O=C(C1CCCN(c2nc(Cc3ccccc3)ns2)C1)N1CCC(n2c(=O)[nH]c3ccccc32)CC1. The Bertz CT molecular complexity index is 1400. The van der Waals surface area contributed by atoms with Crippen LogP contribution in [0.15, 0.2) is 59.4 Å². The van der Waals surface area contributed by atoms with E-state index in [1.807, 2.05) is 51.9 Å². The first-order valence-corrected chi connectivity index (χ1v) is 13.5. The molecule has 0 radical (unpaired) electrons. The highest BCUT2D eigenvalue weighted by Crippen LogP contribution is 2.29. The van der Waals surface area contributed by atoms with E-state index in [2.05, 4.69) is 26.4 Å². The number of carbonyl (C=O) groups is 1. The Hall–Kier alpha value is -3.46. The molecule has 1 amide bonds. The molecule has 2 aliphatic rings. The van der Waals surface area contributed by atoms with Gasteiger partial charge in [0.2, 0.25) is 11.0 Å². The molecular weight excluding hydrogens is 472 g/mol. The summed E-state index contributed by atoms with van der Waals surface area (Å²) in [4.78, 5) is 38.0. The maximum atomic E-state index is 13.4. The number of benzene rings is 2. The standard InChI is InChI=1S/C27H30N6O2S/c34-25(31-15-12-21(13-16-31)33-23-11-5-4-10-22(23)28-26(33)35)20-9-6-14-32(18-20)27-29-24(30-36-27)17-19-7-2-1-3-8-19/h1-5,7-8,10-11,20-21H,6,9,12-18H2,(H,28,35). The Morgan fingerprint density at radius 1 is 1.00 bits per heavy atom. The average molecular weight is 503 g/mol. The molecule has 2 aromatic carbocycles. The predicted octanol–water partition coefficient (Wildman–Crippen LogP) is 3.85. The quantitative estimate of drug-likeness (QED) is 0.448. The lowest BCUT2D eigenvalue weighted by atomic mass is 9.95. The maximum Gasteiger partial charge on any atom is 0.326 e. The number of aromatic amines is 1. The number of anilines is 1. The van der Waals surface area contributed by atoms with Gasteiger partial charge in [-0.25, -0.2) is 9.78 Å². The van der Waals surface area contributed by atoms with Crippen LogP contribution in [0.2, 0.25) is 0 Å². The number of fused-ring (bicyclic) bond motifs is 1. The van der Waals surface area contributed by atoms with Crippen LogP contribution in [-0.2, 0) is 11.2 Å². The second-order valence-corrected chi connectivity index (χ2v) is 10.5. The summed E-state index contributed by atoms with van der Waals surface area (Å²) in [5.74, 6) is 1.05. The molecule has 36 heavy (non-hydrogen) atoms. The van der Waals surface area contributed by atoms with E-state index in [1.54, 1.807) is 0 Å². The number of imidazole rings is 1. The lowest BCUT2D eigenvalue weighted by Crippen LogP contribution is -2.47. The highest BCUT2D eigenvalue weighted by Gasteiger charge is 2.33. The van der Waals surface area contributed by atoms with Crippen LogP contribution in [0.25, 0.3) is 11.0 Å². The number of hydrogen-bond donors (Lipinski definition) is 1. The minimum Gasteiger partial charge on any atom is -0.346 e. The summed E-state index contributed by atoms with van der Waals surface area (Å²) in [6, 6.07) is 18.2. The van der Waals surface area contributed by atoms with Crippen LogP contribution in [0.4, 0.5) is 5.13 Å². The van der Waals surface area contributed by atoms with Gasteiger partial charge in [0.15, 0.2) is 0 Å². The zero-order valence-electron chi connectivity index (χ0n) is 20.2. The van der Waals surface area contributed by atoms with Crippen molar-refractivity contribution in [1.29, 1.82) is 0 Å². The molecule has 0 bridgehead atoms. The fraction of sp³-hybridized carbons (Fsp3) is 0.407. The summed E-state index contributed by atoms with van der Waals surface area (Å²) in [6.45, 7) is 2.98. The third kappa shape index (κ3) is 4.55. The van der Waals surface area contributed by atoms with Crippen molar-refractivity contribution in [3.05, 3.63) is 76.5 Å². The largest absolute Gasteiger partial charge is 0.346 e. The number of rotatable bonds is 5. The number of hydrogen-bond acceptors (Lipinski definition) is 6. The van der Waals surface area contributed by atoms with Gasteiger partial charge in [-0.15, -0.1) is 0 Å². The van der Waals surface area contributed by atoms with Gasteiger partial charge in [-0.1, -0.05) is 42.5 Å². The van der Waals surface area contributed by atoms with E-state index in [-0.39, 0.29) is 23.6 Å². The highest BCUT2D eigenvalue weighted by molar-refractivity contribution is 7.09. The van der Waals surface area contributed by atoms with Gasteiger partial charge >= 0.3 is 5.69 Å². The van der Waals surface area contributed by atoms with Gasteiger partial charge in [0.1, 0.15) is 5.82 Å². The minimum atomic E-state index is -0.0624. The summed E-state index contributed by atoms with van der Waals surface area (Å²) >= 11 is 1.43. The molecule has 186 valence electrons. The maximum absolute atomic E-state index is 13.4. The van der Waals surface area contributed by atoms with Crippen molar-refractivity contribution in [2.45, 2.75) is 38.1 Å². The number of aromatic nitrogens is 4. The zero-order valence-corrected chi connectivity index (χ0v) is 21.0. The van der Waals surface area contributed by atoms with Gasteiger partial charge in [0.05, 0.1) is 17.0 Å². The second-order valence-electron chi connectivity index (χ2n) is 9.81. The van der Waals surface area contributed by atoms with E-state index >= 15 is 0 Å². The second kappa shape index (κ2) is 9.89. The smallest absolute Gasteiger partial charge is 0.326 e. The molecule has 6 rings (SSSR count). The summed E-state index contributed by atoms with van der Waals surface area (Å²) in [6.07, 6.45) is 4.20. The van der Waals surface area contributed by atoms with Gasteiger partial charge in [-0.3, -0.25) is 9.36 Å². The molecule has 8 nitrogen and oxygen atoms in total. The van der Waals surface area contributed by atoms with Gasteiger partial charge in [-0.05, 0) is 43.4 Å². The molecular formula is C27H30N6O2S. The topological polar surface area (TPSA) is 87.1 Å². The first-order valence-electron chi connectivity index (χ1n) is 12.8. The van der Waals surface area contributed by atoms with Crippen LogP contribution in [0, 0.1) is 5.92 Å².